The molecule has 0 radical (unpaired) electrons. The molecule has 0 bridgehead atoms. The predicted octanol–water partition coefficient (Wildman–Crippen LogP) is 1.38. The highest BCUT2D eigenvalue weighted by Crippen LogP contribution is 2.22. The molecule has 0 saturated carbocycles. The molecular weight excluding hydrogens is 292 g/mol. The molecule has 0 spiro atoms. The molecule has 21 heavy (non-hydrogen) atoms. The number of hydrogen-bond acceptors (Lipinski definition) is 5. The van der Waals surface area contributed by atoms with Gasteiger partial charge in [-0.3, -0.25) is 9.59 Å². The van der Waals surface area contributed by atoms with Crippen molar-refractivity contribution in [2.24, 2.45) is 0 Å². The van der Waals surface area contributed by atoms with Gasteiger partial charge < -0.3 is 15.4 Å². The van der Waals surface area contributed by atoms with E-state index in [-0.39, 0.29) is 24.8 Å². The molecule has 0 fully saturated rings. The molecule has 1 rings (SSSR count). The molecule has 1 heterocycles. The van der Waals surface area contributed by atoms with Crippen LogP contribution in [0.4, 0.5) is 0 Å². The second kappa shape index (κ2) is 8.41. The number of amides is 2. The van der Waals surface area contributed by atoms with E-state index in [2.05, 4.69) is 10.6 Å². The highest BCUT2D eigenvalue weighted by molar-refractivity contribution is 7.10. The number of esters is 1. The molecule has 1 aromatic rings. The summed E-state index contributed by atoms with van der Waals surface area (Å²) in [5.41, 5.74) is 0. The van der Waals surface area contributed by atoms with Crippen LogP contribution in [-0.4, -0.2) is 30.4 Å². The van der Waals surface area contributed by atoms with Crippen molar-refractivity contribution in [1.82, 2.24) is 10.6 Å². The van der Waals surface area contributed by atoms with Crippen molar-refractivity contribution in [2.45, 2.75) is 39.3 Å². The van der Waals surface area contributed by atoms with Gasteiger partial charge in [-0.15, -0.1) is 11.3 Å². The molecule has 2 amide bonds. The quantitative estimate of drug-likeness (QED) is 0.745. The Morgan fingerprint density at radius 3 is 2.57 bits per heavy atom. The number of carbonyl (C=O) groups excluding carboxylic acids is 3. The van der Waals surface area contributed by atoms with Gasteiger partial charge in [0.05, 0.1) is 19.1 Å². The Morgan fingerprint density at radius 1 is 1.33 bits per heavy atom. The lowest BCUT2D eigenvalue weighted by atomic mass is 10.1. The average Bonchev–Trinajstić information content (AvgIpc) is 2.91. The van der Waals surface area contributed by atoms with Crippen molar-refractivity contribution >= 4 is 29.1 Å². The van der Waals surface area contributed by atoms with Crippen LogP contribution in [0, 0.1) is 0 Å². The van der Waals surface area contributed by atoms with Gasteiger partial charge in [0.2, 0.25) is 11.8 Å². The van der Waals surface area contributed by atoms with Gasteiger partial charge in [-0.2, -0.15) is 0 Å². The van der Waals surface area contributed by atoms with Gasteiger partial charge in [0, 0.05) is 11.8 Å². The van der Waals surface area contributed by atoms with Crippen LogP contribution in [-0.2, 0) is 19.1 Å². The van der Waals surface area contributed by atoms with Crippen LogP contribution in [0.15, 0.2) is 17.5 Å². The zero-order valence-electron chi connectivity index (χ0n) is 12.3. The molecule has 7 heteroatoms. The molecule has 2 N–H and O–H groups in total. The number of nitrogens with one attached hydrogen (secondary N) is 2. The average molecular weight is 312 g/mol. The lowest BCUT2D eigenvalue weighted by Crippen LogP contribution is -2.41. The SMILES string of the molecule is CCOC(=O)C(C)NC(=O)CC(NC(C)=O)c1cccs1. The summed E-state index contributed by atoms with van der Waals surface area (Å²) in [6.45, 7) is 4.94. The number of thiophene rings is 1. The first-order valence-corrected chi connectivity index (χ1v) is 7.58. The Balaban J connectivity index is 2.60. The van der Waals surface area contributed by atoms with E-state index in [9.17, 15) is 14.4 Å². The monoisotopic (exact) mass is 312 g/mol. The van der Waals surface area contributed by atoms with Crippen molar-refractivity contribution < 1.29 is 19.1 Å². The molecule has 0 saturated heterocycles. The number of hydrogen-bond donors (Lipinski definition) is 2. The van der Waals surface area contributed by atoms with Crippen LogP contribution in [0.5, 0.6) is 0 Å². The maximum Gasteiger partial charge on any atom is 0.328 e. The Bertz CT molecular complexity index is 487. The first-order valence-electron chi connectivity index (χ1n) is 6.70. The van der Waals surface area contributed by atoms with Crippen molar-refractivity contribution in [3.05, 3.63) is 22.4 Å². The standard InChI is InChI=1S/C14H20N2O4S/c1-4-20-14(19)9(2)15-13(18)8-11(16-10(3)17)12-6-5-7-21-12/h5-7,9,11H,4,8H2,1-3H3,(H,15,18)(H,16,17). The summed E-state index contributed by atoms with van der Waals surface area (Å²) in [4.78, 5) is 35.6. The highest BCUT2D eigenvalue weighted by Gasteiger charge is 2.21. The Hall–Kier alpha value is -1.89. The van der Waals surface area contributed by atoms with Crippen LogP contribution in [0.1, 0.15) is 38.1 Å². The van der Waals surface area contributed by atoms with Gasteiger partial charge in [0.1, 0.15) is 6.04 Å². The Kier molecular flexibility index (Phi) is 6.87. The minimum Gasteiger partial charge on any atom is -0.464 e. The Morgan fingerprint density at radius 2 is 2.05 bits per heavy atom. The normalized spacial score (nSPS) is 13.1. The van der Waals surface area contributed by atoms with E-state index in [4.69, 9.17) is 4.74 Å². The molecule has 0 aliphatic carbocycles. The lowest BCUT2D eigenvalue weighted by molar-refractivity contribution is -0.147. The summed E-state index contributed by atoms with van der Waals surface area (Å²) in [5, 5.41) is 7.18. The summed E-state index contributed by atoms with van der Waals surface area (Å²) in [5.74, 6) is -1.000. The van der Waals surface area contributed by atoms with Crippen LogP contribution >= 0.6 is 11.3 Å². The summed E-state index contributed by atoms with van der Waals surface area (Å²) in [6.07, 6.45) is 0.0733. The Labute approximate surface area is 127 Å². The van der Waals surface area contributed by atoms with E-state index in [1.807, 2.05) is 17.5 Å². The third kappa shape index (κ3) is 5.95. The van der Waals surface area contributed by atoms with Gasteiger partial charge in [-0.1, -0.05) is 6.07 Å². The fourth-order valence-corrected chi connectivity index (χ4v) is 2.55. The smallest absolute Gasteiger partial charge is 0.328 e. The third-order valence-corrected chi connectivity index (χ3v) is 3.66. The molecule has 0 aromatic carbocycles. The van der Waals surface area contributed by atoms with Crippen molar-refractivity contribution in [3.63, 3.8) is 0 Å². The van der Waals surface area contributed by atoms with Crippen molar-refractivity contribution in [3.8, 4) is 0 Å². The second-order valence-corrected chi connectivity index (χ2v) is 5.49. The van der Waals surface area contributed by atoms with Crippen LogP contribution in [0.3, 0.4) is 0 Å². The fraction of sp³-hybridized carbons (Fsp3) is 0.500. The fourth-order valence-electron chi connectivity index (χ4n) is 1.77. The molecule has 116 valence electrons. The molecular formula is C14H20N2O4S. The maximum absolute atomic E-state index is 12.0. The summed E-state index contributed by atoms with van der Waals surface area (Å²) >= 11 is 1.46. The first-order chi connectivity index (χ1) is 9.93. The van der Waals surface area contributed by atoms with Gasteiger partial charge in [-0.05, 0) is 25.3 Å². The van der Waals surface area contributed by atoms with Gasteiger partial charge in [0.25, 0.3) is 0 Å². The highest BCUT2D eigenvalue weighted by atomic mass is 32.1. The number of rotatable bonds is 7. The summed E-state index contributed by atoms with van der Waals surface area (Å²) in [7, 11) is 0. The van der Waals surface area contributed by atoms with Gasteiger partial charge >= 0.3 is 5.97 Å². The molecule has 6 nitrogen and oxygen atoms in total. The lowest BCUT2D eigenvalue weighted by Gasteiger charge is -2.18. The van der Waals surface area contributed by atoms with E-state index in [0.29, 0.717) is 0 Å². The van der Waals surface area contributed by atoms with E-state index >= 15 is 0 Å². The van der Waals surface area contributed by atoms with Crippen molar-refractivity contribution in [2.75, 3.05) is 6.61 Å². The summed E-state index contributed by atoms with van der Waals surface area (Å²) in [6, 6.07) is 2.61. The van der Waals surface area contributed by atoms with E-state index < -0.39 is 18.1 Å². The van der Waals surface area contributed by atoms with E-state index in [1.54, 1.807) is 13.8 Å². The van der Waals surface area contributed by atoms with E-state index in [1.165, 1.54) is 18.3 Å². The van der Waals surface area contributed by atoms with Crippen molar-refractivity contribution in [1.29, 1.82) is 0 Å². The number of carbonyl (C=O) groups is 3. The van der Waals surface area contributed by atoms with E-state index in [0.717, 1.165) is 4.88 Å². The zero-order valence-corrected chi connectivity index (χ0v) is 13.2. The summed E-state index contributed by atoms with van der Waals surface area (Å²) < 4.78 is 4.82. The zero-order chi connectivity index (χ0) is 15.8. The second-order valence-electron chi connectivity index (χ2n) is 4.51. The number of ether oxygens (including phenoxy) is 1. The maximum atomic E-state index is 12.0. The minimum atomic E-state index is -0.709. The molecule has 2 unspecified atom stereocenters. The molecule has 1 aromatic heterocycles. The predicted molar refractivity (Wildman–Crippen MR) is 79.7 cm³/mol. The van der Waals surface area contributed by atoms with Crippen LogP contribution in [0.2, 0.25) is 0 Å². The van der Waals surface area contributed by atoms with Gasteiger partial charge in [-0.25, -0.2) is 4.79 Å². The third-order valence-electron chi connectivity index (χ3n) is 2.67. The van der Waals surface area contributed by atoms with Crippen LogP contribution < -0.4 is 10.6 Å². The van der Waals surface area contributed by atoms with Gasteiger partial charge in [0.15, 0.2) is 0 Å². The first kappa shape index (κ1) is 17.2. The molecule has 2 atom stereocenters. The molecule has 0 aliphatic rings. The largest absolute Gasteiger partial charge is 0.464 e. The molecule has 0 aliphatic heterocycles. The minimum absolute atomic E-state index is 0.0733. The van der Waals surface area contributed by atoms with Crippen LogP contribution in [0.25, 0.3) is 0 Å². The topological polar surface area (TPSA) is 84.5 Å².